The molecule has 4 heterocycles. The third-order valence-electron chi connectivity index (χ3n) is 6.22. The van der Waals surface area contributed by atoms with Gasteiger partial charge in [0.05, 0.1) is 12.2 Å². The Balaban J connectivity index is 0.000000318. The third kappa shape index (κ3) is 6.22. The van der Waals surface area contributed by atoms with Crippen LogP contribution in [-0.4, -0.2) is 47.9 Å². The Morgan fingerprint density at radius 3 is 2.52 bits per heavy atom. The molecular formula is C25H30BClN4OS. The van der Waals surface area contributed by atoms with Gasteiger partial charge in [-0.25, -0.2) is 9.97 Å². The van der Waals surface area contributed by atoms with Crippen molar-refractivity contribution in [1.82, 2.24) is 14.9 Å². The van der Waals surface area contributed by atoms with E-state index in [1.165, 1.54) is 47.7 Å². The molecule has 1 saturated heterocycles. The van der Waals surface area contributed by atoms with E-state index in [-0.39, 0.29) is 18.0 Å². The SMILES string of the molecule is CC(Nc1nc(Cl)nc2c1CB(C=O)C2)c1ccc(-c2ccccc2)s1.CN1CCCCC1. The average molecular weight is 481 g/mol. The van der Waals surface area contributed by atoms with Crippen LogP contribution in [0.3, 0.4) is 0 Å². The van der Waals surface area contributed by atoms with Gasteiger partial charge >= 0.3 is 0 Å². The minimum absolute atomic E-state index is 0.0277. The first-order valence-electron chi connectivity index (χ1n) is 11.6. The minimum Gasteiger partial charge on any atom is -0.362 e. The van der Waals surface area contributed by atoms with Crippen LogP contribution in [-0.2, 0) is 17.4 Å². The number of anilines is 1. The fourth-order valence-corrected chi connectivity index (χ4v) is 5.56. The topological polar surface area (TPSA) is 58.1 Å². The van der Waals surface area contributed by atoms with Crippen molar-refractivity contribution < 1.29 is 4.79 Å². The molecule has 172 valence electrons. The lowest BCUT2D eigenvalue weighted by atomic mass is 9.49. The highest BCUT2D eigenvalue weighted by atomic mass is 35.5. The first-order chi connectivity index (χ1) is 16.0. The second-order valence-corrected chi connectivity index (χ2v) is 10.3. The van der Waals surface area contributed by atoms with Crippen molar-refractivity contribution in [2.45, 2.75) is 44.9 Å². The van der Waals surface area contributed by atoms with E-state index in [1.807, 2.05) is 18.2 Å². The smallest absolute Gasteiger partial charge is 0.229 e. The summed E-state index contributed by atoms with van der Waals surface area (Å²) in [5.74, 6) is 0.742. The Labute approximate surface area is 205 Å². The summed E-state index contributed by atoms with van der Waals surface area (Å²) in [6, 6.07) is 14.7. The van der Waals surface area contributed by atoms with Crippen LogP contribution < -0.4 is 5.32 Å². The van der Waals surface area contributed by atoms with Crippen LogP contribution in [0, 0.1) is 0 Å². The van der Waals surface area contributed by atoms with Crippen molar-refractivity contribution in [1.29, 1.82) is 0 Å². The predicted molar refractivity (Wildman–Crippen MR) is 140 cm³/mol. The van der Waals surface area contributed by atoms with Gasteiger partial charge in [0.15, 0.2) is 0 Å². The minimum atomic E-state index is -0.0277. The molecule has 1 unspecified atom stereocenters. The van der Waals surface area contributed by atoms with Gasteiger partial charge < -0.3 is 15.0 Å². The Hall–Kier alpha value is -2.22. The number of nitrogens with one attached hydrogen (secondary N) is 1. The van der Waals surface area contributed by atoms with Gasteiger partial charge in [0.1, 0.15) is 5.82 Å². The van der Waals surface area contributed by atoms with Crippen LogP contribution in [0.2, 0.25) is 5.28 Å². The van der Waals surface area contributed by atoms with Gasteiger partial charge in [-0.05, 0) is 81.8 Å². The zero-order valence-corrected chi connectivity index (χ0v) is 20.8. The molecule has 2 aliphatic rings. The lowest BCUT2D eigenvalue weighted by Crippen LogP contribution is -2.24. The Morgan fingerprint density at radius 2 is 1.85 bits per heavy atom. The number of hydrogen-bond acceptors (Lipinski definition) is 6. The summed E-state index contributed by atoms with van der Waals surface area (Å²) in [6.45, 7) is 4.72. The van der Waals surface area contributed by atoms with Gasteiger partial charge in [-0.3, -0.25) is 0 Å². The summed E-state index contributed by atoms with van der Waals surface area (Å²) < 4.78 is 0. The van der Waals surface area contributed by atoms with Crippen molar-refractivity contribution in [3.8, 4) is 10.4 Å². The van der Waals surface area contributed by atoms with Crippen LogP contribution in [0.1, 0.15) is 48.4 Å². The molecule has 0 spiro atoms. The number of carbonyl (C=O) groups excluding carboxylic acids is 1. The largest absolute Gasteiger partial charge is 0.362 e. The Morgan fingerprint density at radius 1 is 1.09 bits per heavy atom. The lowest BCUT2D eigenvalue weighted by molar-refractivity contribution is 0.277. The molecule has 8 heteroatoms. The first-order valence-corrected chi connectivity index (χ1v) is 12.8. The fourth-order valence-electron chi connectivity index (χ4n) is 4.35. The van der Waals surface area contributed by atoms with E-state index in [4.69, 9.17) is 11.6 Å². The molecular weight excluding hydrogens is 451 g/mol. The molecule has 5 rings (SSSR count). The highest BCUT2D eigenvalue weighted by Gasteiger charge is 2.30. The molecule has 0 aliphatic carbocycles. The highest BCUT2D eigenvalue weighted by Crippen LogP contribution is 2.34. The maximum absolute atomic E-state index is 11.2. The number of piperidine rings is 1. The third-order valence-corrected chi connectivity index (χ3v) is 7.71. The molecule has 5 nitrogen and oxygen atoms in total. The summed E-state index contributed by atoms with van der Waals surface area (Å²) >= 11 is 7.85. The van der Waals surface area contributed by atoms with Gasteiger partial charge in [0.2, 0.25) is 12.0 Å². The number of fused-ring (bicyclic) bond motifs is 1. The second kappa shape index (κ2) is 11.3. The number of hydrogen-bond donors (Lipinski definition) is 1. The van der Waals surface area contributed by atoms with E-state index in [0.29, 0.717) is 12.6 Å². The standard InChI is InChI=1S/C19H17BClN3OS.C6H13N/c1-12(16-7-8-17(26-16)13-5-3-2-4-6-13)22-18-14-9-20(11-25)10-15(14)23-19(21)24-18;1-7-5-3-2-4-6-7/h2-8,11-12H,9-10H2,1H3,(H,22,23,24);2-6H2,1H3. The van der Waals surface area contributed by atoms with Gasteiger partial charge in [0.25, 0.3) is 0 Å². The second-order valence-electron chi connectivity index (χ2n) is 8.87. The molecule has 2 aliphatic heterocycles. The number of likely N-dealkylation sites (tertiary alicyclic amines) is 1. The van der Waals surface area contributed by atoms with Gasteiger partial charge in [-0.2, -0.15) is 0 Å². The lowest BCUT2D eigenvalue weighted by Gasteiger charge is -2.20. The Bertz CT molecular complexity index is 1070. The number of thiophene rings is 1. The van der Waals surface area contributed by atoms with Crippen LogP contribution in [0.25, 0.3) is 10.4 Å². The molecule has 1 atom stereocenters. The van der Waals surface area contributed by atoms with E-state index >= 15 is 0 Å². The number of carbonyl (C=O) groups is 1. The molecule has 1 N–H and O–H groups in total. The summed E-state index contributed by atoms with van der Waals surface area (Å²) in [7, 11) is 2.19. The predicted octanol–water partition coefficient (Wildman–Crippen LogP) is 5.58. The van der Waals surface area contributed by atoms with Crippen molar-refractivity contribution in [3.63, 3.8) is 0 Å². The van der Waals surface area contributed by atoms with Crippen molar-refractivity contribution in [3.05, 3.63) is 63.9 Å². The van der Waals surface area contributed by atoms with E-state index in [1.54, 1.807) is 11.3 Å². The Kier molecular flexibility index (Phi) is 8.17. The molecule has 0 amide bonds. The molecule has 0 radical (unpaired) electrons. The quantitative estimate of drug-likeness (QED) is 0.293. The van der Waals surface area contributed by atoms with Crippen molar-refractivity contribution in [2.75, 3.05) is 25.5 Å². The number of nitrogens with zero attached hydrogens (tertiary/aromatic N) is 3. The van der Waals surface area contributed by atoms with E-state index in [2.05, 4.69) is 58.4 Å². The van der Waals surface area contributed by atoms with Crippen LogP contribution in [0.5, 0.6) is 0 Å². The molecule has 2 aromatic heterocycles. The molecule has 1 fully saturated rings. The maximum atomic E-state index is 11.2. The van der Waals surface area contributed by atoms with E-state index < -0.39 is 0 Å². The summed E-state index contributed by atoms with van der Waals surface area (Å²) in [5.41, 5.74) is 3.11. The van der Waals surface area contributed by atoms with Gasteiger partial charge in [0, 0.05) is 21.0 Å². The van der Waals surface area contributed by atoms with Crippen LogP contribution in [0.15, 0.2) is 42.5 Å². The molecule has 3 aromatic rings. The monoisotopic (exact) mass is 480 g/mol. The first kappa shape index (κ1) is 23.9. The number of halogens is 1. The normalized spacial score (nSPS) is 16.5. The molecule has 1 aromatic carbocycles. The summed E-state index contributed by atoms with van der Waals surface area (Å²) in [5, 5.41) is 3.69. The van der Waals surface area contributed by atoms with Crippen molar-refractivity contribution in [2.24, 2.45) is 0 Å². The number of benzene rings is 1. The molecule has 0 saturated carbocycles. The van der Waals surface area contributed by atoms with Gasteiger partial charge in [-0.1, -0.05) is 36.8 Å². The molecule has 0 bridgehead atoms. The average Bonchev–Trinajstić information content (AvgIpc) is 3.48. The number of aromatic nitrogens is 2. The van der Waals surface area contributed by atoms with Crippen LogP contribution in [0.4, 0.5) is 5.82 Å². The zero-order chi connectivity index (χ0) is 23.2. The van der Waals surface area contributed by atoms with E-state index in [9.17, 15) is 4.79 Å². The maximum Gasteiger partial charge on any atom is 0.229 e. The summed E-state index contributed by atoms with van der Waals surface area (Å²) in [4.78, 5) is 24.7. The fraction of sp³-hybridized carbons (Fsp3) is 0.400. The van der Waals surface area contributed by atoms with E-state index in [0.717, 1.165) is 23.3 Å². The van der Waals surface area contributed by atoms with Gasteiger partial charge in [-0.15, -0.1) is 11.3 Å². The van der Waals surface area contributed by atoms with Crippen molar-refractivity contribution >= 4 is 41.7 Å². The number of rotatable bonds is 5. The summed E-state index contributed by atoms with van der Waals surface area (Å²) in [6.07, 6.45) is 6.58. The highest BCUT2D eigenvalue weighted by molar-refractivity contribution is 7.15. The molecule has 33 heavy (non-hydrogen) atoms. The van der Waals surface area contributed by atoms with Crippen LogP contribution >= 0.6 is 22.9 Å². The zero-order valence-electron chi connectivity index (χ0n) is 19.3.